The van der Waals surface area contributed by atoms with Crippen LogP contribution >= 0.6 is 0 Å². The lowest BCUT2D eigenvalue weighted by Crippen LogP contribution is -2.18. The van der Waals surface area contributed by atoms with E-state index in [9.17, 15) is 9.59 Å². The van der Waals surface area contributed by atoms with E-state index in [1.54, 1.807) is 6.92 Å². The number of ether oxygens (including phenoxy) is 1. The molecule has 0 aliphatic rings. The minimum absolute atomic E-state index is 0.251. The van der Waals surface area contributed by atoms with Gasteiger partial charge in [0.1, 0.15) is 6.42 Å². The first kappa shape index (κ1) is 15.2. The summed E-state index contributed by atoms with van der Waals surface area (Å²) < 4.78 is 4.74. The molecule has 0 unspecified atom stereocenters. The molecule has 0 atom stereocenters. The van der Waals surface area contributed by atoms with Gasteiger partial charge in [-0.05, 0) is 37.0 Å². The summed E-state index contributed by atoms with van der Waals surface area (Å²) in [5.41, 5.74) is 2.87. The van der Waals surface area contributed by atoms with Crippen molar-refractivity contribution in [3.63, 3.8) is 0 Å². The van der Waals surface area contributed by atoms with Gasteiger partial charge in [-0.3, -0.25) is 9.59 Å². The number of rotatable bonds is 5. The molecule has 1 aromatic rings. The molecule has 0 fully saturated rings. The van der Waals surface area contributed by atoms with E-state index >= 15 is 0 Å². The van der Waals surface area contributed by atoms with E-state index < -0.39 is 5.97 Å². The predicted molar refractivity (Wildman–Crippen MR) is 75.1 cm³/mol. The van der Waals surface area contributed by atoms with Crippen LogP contribution < -0.4 is 5.32 Å². The highest BCUT2D eigenvalue weighted by molar-refractivity contribution is 6.02. The van der Waals surface area contributed by atoms with Crippen LogP contribution in [0.2, 0.25) is 0 Å². The second-order valence-electron chi connectivity index (χ2n) is 4.76. The average Bonchev–Trinajstić information content (AvgIpc) is 2.31. The molecule has 1 aromatic carbocycles. The molecule has 1 rings (SSSR count). The highest BCUT2D eigenvalue weighted by Crippen LogP contribution is 2.22. The standard InChI is InChI=1S/C15H21NO3/c1-5-19-15(18)9-14(17)16-13-8-12(10(2)3)7-6-11(13)4/h6-8,10H,5,9H2,1-4H3,(H,16,17). The van der Waals surface area contributed by atoms with Crippen LogP contribution in [0, 0.1) is 6.92 Å². The summed E-state index contributed by atoms with van der Waals surface area (Å²) in [6.45, 7) is 8.11. The molecular weight excluding hydrogens is 242 g/mol. The highest BCUT2D eigenvalue weighted by atomic mass is 16.5. The SMILES string of the molecule is CCOC(=O)CC(=O)Nc1cc(C(C)C)ccc1C. The Hall–Kier alpha value is -1.84. The Morgan fingerprint density at radius 1 is 1.32 bits per heavy atom. The maximum Gasteiger partial charge on any atom is 0.315 e. The highest BCUT2D eigenvalue weighted by Gasteiger charge is 2.12. The van der Waals surface area contributed by atoms with Gasteiger partial charge in [0.2, 0.25) is 5.91 Å². The van der Waals surface area contributed by atoms with Crippen LogP contribution in [-0.4, -0.2) is 18.5 Å². The Morgan fingerprint density at radius 2 is 2.00 bits per heavy atom. The number of nitrogens with one attached hydrogen (secondary N) is 1. The minimum atomic E-state index is -0.502. The zero-order valence-corrected chi connectivity index (χ0v) is 11.9. The fraction of sp³-hybridized carbons (Fsp3) is 0.467. The number of carbonyl (C=O) groups is 2. The topological polar surface area (TPSA) is 55.4 Å². The summed E-state index contributed by atoms with van der Waals surface area (Å²) >= 11 is 0. The largest absolute Gasteiger partial charge is 0.466 e. The molecule has 0 bridgehead atoms. The van der Waals surface area contributed by atoms with Crippen molar-refractivity contribution in [1.82, 2.24) is 0 Å². The summed E-state index contributed by atoms with van der Waals surface area (Å²) in [6.07, 6.45) is -0.251. The molecule has 1 amide bonds. The first-order valence-corrected chi connectivity index (χ1v) is 6.50. The Balaban J connectivity index is 2.73. The van der Waals surface area contributed by atoms with Crippen LogP contribution in [0.5, 0.6) is 0 Å². The number of hydrogen-bond acceptors (Lipinski definition) is 3. The molecule has 104 valence electrons. The van der Waals surface area contributed by atoms with Crippen molar-refractivity contribution in [3.05, 3.63) is 29.3 Å². The quantitative estimate of drug-likeness (QED) is 0.656. The smallest absolute Gasteiger partial charge is 0.315 e. The van der Waals surface area contributed by atoms with Crippen LogP contribution in [0.15, 0.2) is 18.2 Å². The first-order chi connectivity index (χ1) is 8.93. The van der Waals surface area contributed by atoms with Crippen molar-refractivity contribution in [1.29, 1.82) is 0 Å². The lowest BCUT2D eigenvalue weighted by atomic mass is 10.0. The Morgan fingerprint density at radius 3 is 2.58 bits per heavy atom. The molecule has 1 N–H and O–H groups in total. The third-order valence-corrected chi connectivity index (χ3v) is 2.81. The predicted octanol–water partition coefficient (Wildman–Crippen LogP) is 3.01. The van der Waals surface area contributed by atoms with Gasteiger partial charge in [0.05, 0.1) is 6.61 Å². The van der Waals surface area contributed by atoms with Gasteiger partial charge >= 0.3 is 5.97 Å². The molecule has 0 aliphatic carbocycles. The van der Waals surface area contributed by atoms with Crippen LogP contribution in [0.25, 0.3) is 0 Å². The summed E-state index contributed by atoms with van der Waals surface area (Å²) in [7, 11) is 0. The van der Waals surface area contributed by atoms with Crippen LogP contribution in [0.4, 0.5) is 5.69 Å². The zero-order valence-electron chi connectivity index (χ0n) is 11.9. The van der Waals surface area contributed by atoms with Gasteiger partial charge in [0, 0.05) is 5.69 Å². The molecular formula is C15H21NO3. The van der Waals surface area contributed by atoms with Gasteiger partial charge < -0.3 is 10.1 Å². The Bertz CT molecular complexity index is 466. The first-order valence-electron chi connectivity index (χ1n) is 6.50. The maximum absolute atomic E-state index is 11.7. The van der Waals surface area contributed by atoms with Crippen molar-refractivity contribution in [2.45, 2.75) is 40.0 Å². The number of aryl methyl sites for hydroxylation is 1. The molecule has 0 spiro atoms. The van der Waals surface area contributed by atoms with E-state index in [1.807, 2.05) is 25.1 Å². The molecule has 0 aromatic heterocycles. The number of carbonyl (C=O) groups excluding carboxylic acids is 2. The summed E-state index contributed by atoms with van der Waals surface area (Å²) in [5, 5.41) is 2.76. The lowest BCUT2D eigenvalue weighted by molar-refractivity contribution is -0.145. The van der Waals surface area contributed by atoms with Gasteiger partial charge in [-0.2, -0.15) is 0 Å². The van der Waals surface area contributed by atoms with E-state index in [4.69, 9.17) is 4.74 Å². The van der Waals surface area contributed by atoms with Crippen LogP contribution in [0.3, 0.4) is 0 Å². The Labute approximate surface area is 114 Å². The van der Waals surface area contributed by atoms with Crippen molar-refractivity contribution in [2.75, 3.05) is 11.9 Å². The third-order valence-electron chi connectivity index (χ3n) is 2.81. The fourth-order valence-electron chi connectivity index (χ4n) is 1.67. The van der Waals surface area contributed by atoms with E-state index in [1.165, 1.54) is 0 Å². The number of esters is 1. The van der Waals surface area contributed by atoms with Gasteiger partial charge in [-0.15, -0.1) is 0 Å². The third kappa shape index (κ3) is 4.73. The second kappa shape index (κ2) is 6.92. The molecule has 4 heteroatoms. The van der Waals surface area contributed by atoms with E-state index in [-0.39, 0.29) is 18.9 Å². The van der Waals surface area contributed by atoms with Gasteiger partial charge in [-0.25, -0.2) is 0 Å². The van der Waals surface area contributed by atoms with Gasteiger partial charge in [0.15, 0.2) is 0 Å². The molecule has 0 aliphatic heterocycles. The number of amides is 1. The molecule has 0 heterocycles. The molecule has 0 saturated carbocycles. The molecule has 0 saturated heterocycles. The Kier molecular flexibility index (Phi) is 5.55. The van der Waals surface area contributed by atoms with Crippen molar-refractivity contribution >= 4 is 17.6 Å². The fourth-order valence-corrected chi connectivity index (χ4v) is 1.67. The summed E-state index contributed by atoms with van der Waals surface area (Å²) in [4.78, 5) is 22.9. The molecule has 19 heavy (non-hydrogen) atoms. The summed E-state index contributed by atoms with van der Waals surface area (Å²) in [5.74, 6) is -0.457. The summed E-state index contributed by atoms with van der Waals surface area (Å²) in [6, 6.07) is 5.96. The van der Waals surface area contributed by atoms with E-state index in [0.29, 0.717) is 5.92 Å². The molecule has 4 nitrogen and oxygen atoms in total. The van der Waals surface area contributed by atoms with E-state index in [2.05, 4.69) is 19.2 Å². The zero-order chi connectivity index (χ0) is 14.4. The average molecular weight is 263 g/mol. The van der Waals surface area contributed by atoms with Crippen molar-refractivity contribution in [3.8, 4) is 0 Å². The van der Waals surface area contributed by atoms with Crippen LogP contribution in [0.1, 0.15) is 44.2 Å². The second-order valence-corrected chi connectivity index (χ2v) is 4.76. The van der Waals surface area contributed by atoms with Gasteiger partial charge in [0.25, 0.3) is 0 Å². The number of benzene rings is 1. The van der Waals surface area contributed by atoms with Gasteiger partial charge in [-0.1, -0.05) is 26.0 Å². The molecule has 0 radical (unpaired) electrons. The van der Waals surface area contributed by atoms with Crippen molar-refractivity contribution < 1.29 is 14.3 Å². The monoisotopic (exact) mass is 263 g/mol. The van der Waals surface area contributed by atoms with Crippen molar-refractivity contribution in [2.24, 2.45) is 0 Å². The minimum Gasteiger partial charge on any atom is -0.466 e. The number of anilines is 1. The van der Waals surface area contributed by atoms with E-state index in [0.717, 1.165) is 16.8 Å². The normalized spacial score (nSPS) is 10.4. The van der Waals surface area contributed by atoms with Crippen LogP contribution in [-0.2, 0) is 14.3 Å². The maximum atomic E-state index is 11.7. The number of hydrogen-bond donors (Lipinski definition) is 1. The lowest BCUT2D eigenvalue weighted by Gasteiger charge is -2.12.